The van der Waals surface area contributed by atoms with Crippen molar-refractivity contribution in [2.24, 2.45) is 5.92 Å². The highest BCUT2D eigenvalue weighted by atomic mass is 127. The molecule has 2 aromatic heterocycles. The minimum atomic E-state index is -0.0796. The summed E-state index contributed by atoms with van der Waals surface area (Å²) >= 11 is 8.97. The minimum absolute atomic E-state index is 0.0796. The normalized spacial score (nSPS) is 27.4. The van der Waals surface area contributed by atoms with Gasteiger partial charge in [-0.3, -0.25) is 0 Å². The fourth-order valence-corrected chi connectivity index (χ4v) is 6.29. The average Bonchev–Trinajstić information content (AvgIpc) is 2.85. The highest BCUT2D eigenvalue weighted by Crippen LogP contribution is 2.35. The molecule has 0 bridgehead atoms. The Bertz CT molecular complexity index is 986. The number of ether oxygens (including phenoxy) is 2. The molecule has 3 heterocycles. The molecular weight excluding hydrogens is 589 g/mol. The van der Waals surface area contributed by atoms with Crippen LogP contribution in [-0.2, 0) is 9.47 Å². The first-order valence-corrected chi connectivity index (χ1v) is 14.5. The molecule has 0 amide bonds. The van der Waals surface area contributed by atoms with Gasteiger partial charge in [0, 0.05) is 50.1 Å². The Balaban J connectivity index is 1.34. The molecule has 9 heteroatoms. The van der Waals surface area contributed by atoms with Crippen LogP contribution in [0.25, 0.3) is 11.3 Å². The Morgan fingerprint density at radius 1 is 1.19 bits per heavy atom. The molecule has 0 spiro atoms. The van der Waals surface area contributed by atoms with Crippen LogP contribution in [0.5, 0.6) is 0 Å². The molecule has 2 aromatic rings. The van der Waals surface area contributed by atoms with Gasteiger partial charge in [0.2, 0.25) is 0 Å². The topological polar surface area (TPSA) is 80.3 Å². The Kier molecular flexibility index (Phi) is 10.1. The Labute approximate surface area is 234 Å². The number of nitrogens with one attached hydrogen (secondary N) is 3. The van der Waals surface area contributed by atoms with Crippen molar-refractivity contribution in [3.8, 4) is 11.3 Å². The molecule has 4 rings (SSSR count). The third kappa shape index (κ3) is 8.15. The molecule has 3 N–H and O–H groups in total. The van der Waals surface area contributed by atoms with Gasteiger partial charge in [-0.15, -0.1) is 0 Å². The van der Waals surface area contributed by atoms with Crippen molar-refractivity contribution in [3.63, 3.8) is 0 Å². The number of halogens is 2. The molecule has 198 valence electrons. The SMILES string of the molecule is COC[C@@H](C)NC1CCC(Nc2cc(-c3cccc(NCC4CCOC(C)(I)C4)n3)c(Cl)cn2)CC1. The molecule has 2 unspecified atom stereocenters. The molecule has 7 nitrogen and oxygen atoms in total. The summed E-state index contributed by atoms with van der Waals surface area (Å²) in [5.74, 6) is 2.28. The number of nitrogens with zero attached hydrogens (tertiary/aromatic N) is 2. The highest BCUT2D eigenvalue weighted by molar-refractivity contribution is 14.1. The van der Waals surface area contributed by atoms with Gasteiger partial charge in [0.1, 0.15) is 15.2 Å². The monoisotopic (exact) mass is 627 g/mol. The molecule has 0 radical (unpaired) electrons. The number of hydrogen-bond donors (Lipinski definition) is 3. The van der Waals surface area contributed by atoms with E-state index in [4.69, 9.17) is 26.1 Å². The van der Waals surface area contributed by atoms with E-state index >= 15 is 0 Å². The summed E-state index contributed by atoms with van der Waals surface area (Å²) in [5.41, 5.74) is 1.74. The number of hydrogen-bond acceptors (Lipinski definition) is 7. The van der Waals surface area contributed by atoms with Crippen LogP contribution in [0.15, 0.2) is 30.5 Å². The first-order valence-electron chi connectivity index (χ1n) is 13.0. The van der Waals surface area contributed by atoms with E-state index in [-0.39, 0.29) is 3.61 Å². The number of alkyl halides is 1. The summed E-state index contributed by atoms with van der Waals surface area (Å²) in [6.07, 6.45) is 8.34. The predicted molar refractivity (Wildman–Crippen MR) is 156 cm³/mol. The van der Waals surface area contributed by atoms with Crippen molar-refractivity contribution in [3.05, 3.63) is 35.5 Å². The van der Waals surface area contributed by atoms with Crippen LogP contribution in [-0.4, -0.2) is 58.6 Å². The van der Waals surface area contributed by atoms with Gasteiger partial charge in [0.25, 0.3) is 0 Å². The molecule has 2 aliphatic rings. The fourth-order valence-electron chi connectivity index (χ4n) is 5.25. The zero-order chi connectivity index (χ0) is 25.5. The van der Waals surface area contributed by atoms with Gasteiger partial charge in [-0.25, -0.2) is 9.97 Å². The van der Waals surface area contributed by atoms with Crippen molar-refractivity contribution in [2.75, 3.05) is 37.5 Å². The van der Waals surface area contributed by atoms with Gasteiger partial charge in [0.15, 0.2) is 0 Å². The fraction of sp³-hybridized carbons (Fsp3) is 0.630. The van der Waals surface area contributed by atoms with E-state index in [9.17, 15) is 0 Å². The van der Waals surface area contributed by atoms with E-state index in [1.165, 1.54) is 0 Å². The quantitative estimate of drug-likeness (QED) is 0.216. The van der Waals surface area contributed by atoms with Crippen molar-refractivity contribution in [1.29, 1.82) is 0 Å². The van der Waals surface area contributed by atoms with Gasteiger partial charge >= 0.3 is 0 Å². The van der Waals surface area contributed by atoms with E-state index in [1.807, 2.05) is 24.3 Å². The van der Waals surface area contributed by atoms with E-state index in [2.05, 4.69) is 57.4 Å². The maximum absolute atomic E-state index is 6.57. The lowest BCUT2D eigenvalue weighted by Crippen LogP contribution is -2.42. The lowest BCUT2D eigenvalue weighted by Gasteiger charge is -2.34. The molecule has 1 aliphatic heterocycles. The van der Waals surface area contributed by atoms with Gasteiger partial charge < -0.3 is 25.4 Å². The molecule has 2 fully saturated rings. The van der Waals surface area contributed by atoms with Gasteiger partial charge in [-0.1, -0.05) is 17.7 Å². The lowest BCUT2D eigenvalue weighted by atomic mass is 9.90. The first-order chi connectivity index (χ1) is 17.3. The summed E-state index contributed by atoms with van der Waals surface area (Å²) in [7, 11) is 1.75. The lowest BCUT2D eigenvalue weighted by molar-refractivity contribution is -0.00687. The summed E-state index contributed by atoms with van der Waals surface area (Å²) in [4.78, 5) is 9.41. The second kappa shape index (κ2) is 13.0. The Morgan fingerprint density at radius 3 is 2.72 bits per heavy atom. The molecule has 1 saturated carbocycles. The zero-order valence-corrected chi connectivity index (χ0v) is 24.4. The standard InChI is InChI=1S/C27H39ClIN5O2/c1-18(17-35-3)32-20-7-9-21(10-8-20)33-26-13-22(23(28)16-31-26)24-5-4-6-25(34-24)30-15-19-11-12-36-27(2,29)14-19/h4-6,13,16,18-21,32H,7-12,14-15,17H2,1-3H3,(H,30,34)(H,31,33)/t18-,19?,20?,21?,27?/m1/s1. The molecule has 36 heavy (non-hydrogen) atoms. The maximum atomic E-state index is 6.57. The molecule has 0 aromatic carbocycles. The zero-order valence-electron chi connectivity index (χ0n) is 21.5. The van der Waals surface area contributed by atoms with Crippen LogP contribution >= 0.6 is 34.2 Å². The van der Waals surface area contributed by atoms with E-state index in [0.717, 1.165) is 81.2 Å². The second-order valence-corrected chi connectivity index (χ2v) is 13.1. The smallest absolute Gasteiger partial charge is 0.126 e. The number of methoxy groups -OCH3 is 1. The summed E-state index contributed by atoms with van der Waals surface area (Å²) in [6, 6.07) is 9.41. The summed E-state index contributed by atoms with van der Waals surface area (Å²) < 4.78 is 11.0. The van der Waals surface area contributed by atoms with Gasteiger partial charge in [-0.2, -0.15) is 0 Å². The van der Waals surface area contributed by atoms with Crippen LogP contribution in [0.4, 0.5) is 11.6 Å². The van der Waals surface area contributed by atoms with E-state index < -0.39 is 0 Å². The first kappa shape index (κ1) is 27.8. The average molecular weight is 628 g/mol. The second-order valence-electron chi connectivity index (χ2n) is 10.4. The number of aromatic nitrogens is 2. The third-order valence-electron chi connectivity index (χ3n) is 7.05. The van der Waals surface area contributed by atoms with Crippen LogP contribution in [0.2, 0.25) is 5.02 Å². The molecule has 3 atom stereocenters. The number of pyridine rings is 2. The molecule has 1 saturated heterocycles. The van der Waals surface area contributed by atoms with E-state index in [1.54, 1.807) is 13.3 Å². The van der Waals surface area contributed by atoms with Crippen LogP contribution in [0.1, 0.15) is 52.4 Å². The number of anilines is 2. The van der Waals surface area contributed by atoms with Crippen molar-refractivity contribution < 1.29 is 9.47 Å². The minimum Gasteiger partial charge on any atom is -0.383 e. The maximum Gasteiger partial charge on any atom is 0.126 e. The van der Waals surface area contributed by atoms with Crippen LogP contribution < -0.4 is 16.0 Å². The van der Waals surface area contributed by atoms with E-state index in [0.29, 0.717) is 29.1 Å². The molecule has 1 aliphatic carbocycles. The third-order valence-corrected chi connectivity index (χ3v) is 8.10. The van der Waals surface area contributed by atoms with Gasteiger partial charge in [-0.05, 0) is 99.1 Å². The van der Waals surface area contributed by atoms with Crippen LogP contribution in [0.3, 0.4) is 0 Å². The Hall–Kier alpha value is -1.20. The largest absolute Gasteiger partial charge is 0.383 e. The van der Waals surface area contributed by atoms with Crippen molar-refractivity contribution in [2.45, 2.75) is 74.1 Å². The molecular formula is C27H39ClIN5O2. The number of rotatable bonds is 10. The predicted octanol–water partition coefficient (Wildman–Crippen LogP) is 6.13. The summed E-state index contributed by atoms with van der Waals surface area (Å²) in [6.45, 7) is 6.77. The summed E-state index contributed by atoms with van der Waals surface area (Å²) in [5, 5.41) is 11.4. The van der Waals surface area contributed by atoms with Crippen LogP contribution in [0, 0.1) is 5.92 Å². The van der Waals surface area contributed by atoms with Gasteiger partial charge in [0.05, 0.1) is 17.3 Å². The van der Waals surface area contributed by atoms with Crippen molar-refractivity contribution in [1.82, 2.24) is 15.3 Å². The Morgan fingerprint density at radius 2 is 1.97 bits per heavy atom. The van der Waals surface area contributed by atoms with Crippen molar-refractivity contribution >= 4 is 45.8 Å². The highest BCUT2D eigenvalue weighted by Gasteiger charge is 2.30.